The Morgan fingerprint density at radius 1 is 1.12 bits per heavy atom. The molecule has 0 radical (unpaired) electrons. The maximum absolute atomic E-state index is 12.9. The fourth-order valence-electron chi connectivity index (χ4n) is 3.56. The van der Waals surface area contributed by atoms with Gasteiger partial charge in [0.2, 0.25) is 5.91 Å². The predicted molar refractivity (Wildman–Crippen MR) is 81.7 cm³/mol. The highest BCUT2D eigenvalue weighted by atomic mass is 35.5. The van der Waals surface area contributed by atoms with Gasteiger partial charge in [-0.3, -0.25) is 14.5 Å². The Bertz CT molecular complexity index is 483. The summed E-state index contributed by atoms with van der Waals surface area (Å²) in [5.74, 6) is -4.12. The van der Waals surface area contributed by atoms with Crippen molar-refractivity contribution in [3.63, 3.8) is 0 Å². The third-order valence-electron chi connectivity index (χ3n) is 5.09. The van der Waals surface area contributed by atoms with E-state index in [2.05, 4.69) is 5.32 Å². The van der Waals surface area contributed by atoms with Gasteiger partial charge in [-0.25, -0.2) is 0 Å². The molecule has 3 aliphatic rings. The van der Waals surface area contributed by atoms with Crippen molar-refractivity contribution in [2.45, 2.75) is 37.9 Å². The Labute approximate surface area is 144 Å². The fraction of sp³-hybridized carbons (Fsp3) is 0.867. The molecule has 0 aromatic carbocycles. The lowest BCUT2D eigenvalue weighted by Crippen LogP contribution is -2.43. The van der Waals surface area contributed by atoms with Crippen LogP contribution in [0.5, 0.6) is 0 Å². The highest BCUT2D eigenvalue weighted by Gasteiger charge is 2.52. The van der Waals surface area contributed by atoms with Gasteiger partial charge in [0.05, 0.1) is 18.4 Å². The summed E-state index contributed by atoms with van der Waals surface area (Å²) < 4.78 is 38.8. The lowest BCUT2D eigenvalue weighted by Gasteiger charge is -2.21. The number of hydrogen-bond acceptors (Lipinski definition) is 3. The number of carbonyl (C=O) groups excluding carboxylic acids is 1. The number of likely N-dealkylation sites (tertiary alicyclic amines) is 1. The molecule has 3 rings (SSSR count). The first-order chi connectivity index (χ1) is 10.8. The van der Waals surface area contributed by atoms with Crippen LogP contribution in [-0.4, -0.2) is 53.7 Å². The van der Waals surface area contributed by atoms with Crippen LogP contribution in [-0.2, 0) is 9.59 Å². The van der Waals surface area contributed by atoms with Crippen LogP contribution in [0.1, 0.15) is 25.7 Å². The molecule has 24 heavy (non-hydrogen) atoms. The van der Waals surface area contributed by atoms with E-state index in [1.54, 1.807) is 0 Å². The zero-order chi connectivity index (χ0) is 16.8. The number of carboxylic acid groups (broad SMARTS) is 1. The smallest absolute Gasteiger partial charge is 0.393 e. The van der Waals surface area contributed by atoms with Crippen LogP contribution < -0.4 is 5.32 Å². The fourth-order valence-corrected chi connectivity index (χ4v) is 3.56. The van der Waals surface area contributed by atoms with Gasteiger partial charge < -0.3 is 10.4 Å². The summed E-state index contributed by atoms with van der Waals surface area (Å²) >= 11 is 0. The van der Waals surface area contributed by atoms with E-state index in [0.29, 0.717) is 11.8 Å². The molecule has 9 heteroatoms. The SMILES string of the molecule is Cl.O=C(CN1C[C@@H](C(F)(F)F)[C@H](C(=O)O)C1)NC(C1CC1)C1CC1. The Balaban J connectivity index is 0.00000208. The molecule has 5 nitrogen and oxygen atoms in total. The lowest BCUT2D eigenvalue weighted by atomic mass is 9.96. The molecule has 2 N–H and O–H groups in total. The summed E-state index contributed by atoms with van der Waals surface area (Å²) in [6.45, 7) is -0.817. The number of amides is 1. The zero-order valence-corrected chi connectivity index (χ0v) is 13.9. The van der Waals surface area contributed by atoms with Gasteiger partial charge in [-0.1, -0.05) is 0 Å². The van der Waals surface area contributed by atoms with Crippen LogP contribution in [0.3, 0.4) is 0 Å². The first kappa shape index (κ1) is 19.3. The van der Waals surface area contributed by atoms with E-state index in [-0.39, 0.29) is 37.4 Å². The minimum atomic E-state index is -4.56. The van der Waals surface area contributed by atoms with Crippen molar-refractivity contribution >= 4 is 24.3 Å². The third kappa shape index (κ3) is 4.53. The summed E-state index contributed by atoms with van der Waals surface area (Å²) in [7, 11) is 0. The van der Waals surface area contributed by atoms with Crippen molar-refractivity contribution in [2.24, 2.45) is 23.7 Å². The normalized spacial score (nSPS) is 27.8. The molecule has 1 aliphatic heterocycles. The van der Waals surface area contributed by atoms with Crippen LogP contribution >= 0.6 is 12.4 Å². The molecule has 1 heterocycles. The van der Waals surface area contributed by atoms with Crippen molar-refractivity contribution in [2.75, 3.05) is 19.6 Å². The number of hydrogen-bond donors (Lipinski definition) is 2. The molecule has 3 fully saturated rings. The van der Waals surface area contributed by atoms with Gasteiger partial charge >= 0.3 is 12.1 Å². The molecule has 2 atom stereocenters. The molecular formula is C15H22ClF3N2O3. The summed E-state index contributed by atoms with van der Waals surface area (Å²) in [6.07, 6.45) is -0.158. The molecular weight excluding hydrogens is 349 g/mol. The van der Waals surface area contributed by atoms with Crippen molar-refractivity contribution < 1.29 is 27.9 Å². The predicted octanol–water partition coefficient (Wildman–Crippen LogP) is 1.91. The van der Waals surface area contributed by atoms with E-state index < -0.39 is 30.5 Å². The Morgan fingerprint density at radius 2 is 1.67 bits per heavy atom. The van der Waals surface area contributed by atoms with Crippen molar-refractivity contribution in [1.82, 2.24) is 10.2 Å². The van der Waals surface area contributed by atoms with Crippen molar-refractivity contribution in [3.05, 3.63) is 0 Å². The van der Waals surface area contributed by atoms with Crippen molar-refractivity contribution in [3.8, 4) is 0 Å². The Hall–Kier alpha value is -1.02. The average molecular weight is 371 g/mol. The minimum Gasteiger partial charge on any atom is -0.481 e. The van der Waals surface area contributed by atoms with E-state index >= 15 is 0 Å². The van der Waals surface area contributed by atoms with Gasteiger partial charge in [0.25, 0.3) is 0 Å². The molecule has 0 bridgehead atoms. The van der Waals surface area contributed by atoms with Gasteiger partial charge in [-0.15, -0.1) is 12.4 Å². The molecule has 0 unspecified atom stereocenters. The average Bonchev–Trinajstić information content (AvgIpc) is 3.33. The van der Waals surface area contributed by atoms with Crippen LogP contribution in [0.2, 0.25) is 0 Å². The van der Waals surface area contributed by atoms with E-state index in [4.69, 9.17) is 5.11 Å². The van der Waals surface area contributed by atoms with E-state index in [1.807, 2.05) is 0 Å². The van der Waals surface area contributed by atoms with Crippen LogP contribution in [0.15, 0.2) is 0 Å². The first-order valence-corrected chi connectivity index (χ1v) is 8.07. The van der Waals surface area contributed by atoms with Crippen LogP contribution in [0.25, 0.3) is 0 Å². The topological polar surface area (TPSA) is 69.6 Å². The number of halogens is 4. The Morgan fingerprint density at radius 3 is 2.04 bits per heavy atom. The first-order valence-electron chi connectivity index (χ1n) is 8.07. The number of rotatable bonds is 6. The number of aliphatic carboxylic acids is 1. The summed E-state index contributed by atoms with van der Waals surface area (Å²) in [5, 5.41) is 11.9. The second-order valence-corrected chi connectivity index (χ2v) is 7.06. The molecule has 2 aliphatic carbocycles. The number of alkyl halides is 3. The molecule has 0 aromatic heterocycles. The maximum Gasteiger partial charge on any atom is 0.393 e. The summed E-state index contributed by atoms with van der Waals surface area (Å²) in [4.78, 5) is 24.5. The monoisotopic (exact) mass is 370 g/mol. The van der Waals surface area contributed by atoms with Gasteiger partial charge in [0, 0.05) is 19.1 Å². The minimum absolute atomic E-state index is 0. The second-order valence-electron chi connectivity index (χ2n) is 7.06. The van der Waals surface area contributed by atoms with Crippen molar-refractivity contribution in [1.29, 1.82) is 0 Å². The van der Waals surface area contributed by atoms with Crippen LogP contribution in [0, 0.1) is 23.7 Å². The molecule has 0 aromatic rings. The third-order valence-corrected chi connectivity index (χ3v) is 5.09. The lowest BCUT2D eigenvalue weighted by molar-refractivity contribution is -0.188. The van der Waals surface area contributed by atoms with E-state index in [0.717, 1.165) is 25.7 Å². The molecule has 1 saturated heterocycles. The standard InChI is InChI=1S/C15H21F3N2O3.ClH/c16-15(17,18)11-6-20(5-10(11)14(22)23)7-12(21)19-13(8-1-2-8)9-3-4-9;/h8-11,13H,1-7H2,(H,19,21)(H,22,23);1H/t10-,11-;/m1./s1. The summed E-state index contributed by atoms with van der Waals surface area (Å²) in [6, 6.07) is 0.152. The largest absolute Gasteiger partial charge is 0.481 e. The second kappa shape index (κ2) is 7.07. The van der Waals surface area contributed by atoms with E-state index in [1.165, 1.54) is 4.90 Å². The molecule has 0 spiro atoms. The zero-order valence-electron chi connectivity index (χ0n) is 13.1. The van der Waals surface area contributed by atoms with Crippen LogP contribution in [0.4, 0.5) is 13.2 Å². The number of carbonyl (C=O) groups is 2. The number of nitrogens with one attached hydrogen (secondary N) is 1. The van der Waals surface area contributed by atoms with Gasteiger partial charge in [0.15, 0.2) is 0 Å². The quantitative estimate of drug-likeness (QED) is 0.749. The number of nitrogens with zero attached hydrogens (tertiary/aromatic N) is 1. The van der Waals surface area contributed by atoms with Gasteiger partial charge in [0.1, 0.15) is 0 Å². The van der Waals surface area contributed by atoms with E-state index in [9.17, 15) is 22.8 Å². The van der Waals surface area contributed by atoms with Gasteiger partial charge in [-0.05, 0) is 37.5 Å². The highest BCUT2D eigenvalue weighted by molar-refractivity contribution is 5.85. The maximum atomic E-state index is 12.9. The molecule has 138 valence electrons. The highest BCUT2D eigenvalue weighted by Crippen LogP contribution is 2.44. The Kier molecular flexibility index (Phi) is 5.69. The molecule has 1 amide bonds. The molecule has 2 saturated carbocycles. The van der Waals surface area contributed by atoms with Gasteiger partial charge in [-0.2, -0.15) is 13.2 Å². The number of carboxylic acids is 1. The summed E-state index contributed by atoms with van der Waals surface area (Å²) in [5.41, 5.74) is 0.